The molecule has 12 nitrogen and oxygen atoms in total. The zero-order valence-electron chi connectivity index (χ0n) is 14.4. The van der Waals surface area contributed by atoms with Crippen molar-refractivity contribution in [2.24, 2.45) is 5.73 Å². The van der Waals surface area contributed by atoms with Gasteiger partial charge in [0.25, 0.3) is 5.91 Å². The lowest BCUT2D eigenvalue weighted by Crippen LogP contribution is -2.19. The predicted molar refractivity (Wildman–Crippen MR) is 96.8 cm³/mol. The summed E-state index contributed by atoms with van der Waals surface area (Å²) in [5.74, 6) is -2.59. The van der Waals surface area contributed by atoms with Crippen molar-refractivity contribution in [3.63, 3.8) is 0 Å². The lowest BCUT2D eigenvalue weighted by atomic mass is 10.1. The van der Waals surface area contributed by atoms with Gasteiger partial charge in [-0.15, -0.1) is 0 Å². The Morgan fingerprint density at radius 3 is 2.59 bits per heavy atom. The predicted octanol–water partition coefficient (Wildman–Crippen LogP) is 1.44. The Hall–Kier alpha value is -4.79. The van der Waals surface area contributed by atoms with Crippen LogP contribution in [0.5, 0.6) is 0 Å². The molecular weight excluding hydrogens is 382 g/mol. The number of carbonyl (C=O) groups is 3. The number of carboxylic acids is 1. The van der Waals surface area contributed by atoms with Gasteiger partial charge in [0.1, 0.15) is 17.5 Å². The molecule has 29 heavy (non-hydrogen) atoms. The van der Waals surface area contributed by atoms with E-state index in [-0.39, 0.29) is 28.3 Å². The summed E-state index contributed by atoms with van der Waals surface area (Å²) in [7, 11) is 0. The summed E-state index contributed by atoms with van der Waals surface area (Å²) in [4.78, 5) is 42.8. The molecule has 0 unspecified atom stereocenters. The molecule has 3 amide bonds. The summed E-state index contributed by atoms with van der Waals surface area (Å²) in [5, 5.41) is 26.7. The van der Waals surface area contributed by atoms with Crippen molar-refractivity contribution in [1.82, 2.24) is 15.1 Å². The summed E-state index contributed by atoms with van der Waals surface area (Å²) in [5.41, 5.74) is 4.83. The number of hydrogen-bond acceptors (Lipinski definition) is 8. The summed E-state index contributed by atoms with van der Waals surface area (Å²) >= 11 is 0. The van der Waals surface area contributed by atoms with Gasteiger partial charge in [-0.1, -0.05) is 5.16 Å². The van der Waals surface area contributed by atoms with Crippen molar-refractivity contribution in [3.8, 4) is 17.5 Å². The van der Waals surface area contributed by atoms with E-state index in [0.717, 1.165) is 0 Å². The number of anilines is 2. The second kappa shape index (κ2) is 7.84. The Morgan fingerprint density at radius 1 is 1.14 bits per heavy atom. The maximum absolute atomic E-state index is 12.4. The van der Waals surface area contributed by atoms with Crippen LogP contribution in [0.15, 0.2) is 41.2 Å². The molecule has 3 aromatic rings. The maximum atomic E-state index is 12.4. The molecule has 5 N–H and O–H groups in total. The lowest BCUT2D eigenvalue weighted by molar-refractivity contribution is 0.0698. The molecule has 12 heteroatoms. The third-order valence-corrected chi connectivity index (χ3v) is 3.54. The average Bonchev–Trinajstić information content (AvgIpc) is 3.11. The van der Waals surface area contributed by atoms with E-state index < -0.39 is 29.4 Å². The summed E-state index contributed by atoms with van der Waals surface area (Å²) in [6.07, 6.45) is 2.57. The number of aromatic nitrogens is 3. The Balaban J connectivity index is 1.95. The van der Waals surface area contributed by atoms with E-state index in [1.807, 2.05) is 0 Å². The molecule has 3 heterocycles. The largest absolute Gasteiger partial charge is 0.477 e. The van der Waals surface area contributed by atoms with E-state index in [1.165, 1.54) is 36.7 Å². The fraction of sp³-hybridized carbons (Fsp3) is 0. The van der Waals surface area contributed by atoms with Crippen LogP contribution in [0.3, 0.4) is 0 Å². The molecule has 0 fully saturated rings. The first kappa shape index (κ1) is 19.0. The number of nitriles is 1. The number of rotatable bonds is 5. The van der Waals surface area contributed by atoms with Crippen LogP contribution in [-0.4, -0.2) is 38.1 Å². The second-order valence-electron chi connectivity index (χ2n) is 5.46. The van der Waals surface area contributed by atoms with Crippen LogP contribution in [0, 0.1) is 11.3 Å². The molecule has 0 aliphatic heterocycles. The molecular formula is C17H11N7O5. The number of aromatic carboxylic acids is 1. The molecule has 0 atom stereocenters. The SMILES string of the molecule is N#Cc1cc(C(=O)Nc2onc(-c3cc(NC(N)=O)ccn3)c2C(=O)O)ccn1. The highest BCUT2D eigenvalue weighted by Crippen LogP contribution is 2.29. The van der Waals surface area contributed by atoms with E-state index in [9.17, 15) is 19.5 Å². The zero-order valence-corrected chi connectivity index (χ0v) is 14.4. The van der Waals surface area contributed by atoms with E-state index in [1.54, 1.807) is 6.07 Å². The number of nitrogens with one attached hydrogen (secondary N) is 2. The Kier molecular flexibility index (Phi) is 5.13. The van der Waals surface area contributed by atoms with Crippen LogP contribution in [0.25, 0.3) is 11.4 Å². The minimum atomic E-state index is -1.43. The van der Waals surface area contributed by atoms with Crippen molar-refractivity contribution in [2.75, 3.05) is 10.6 Å². The van der Waals surface area contributed by atoms with Crippen LogP contribution in [-0.2, 0) is 0 Å². The molecule has 0 aliphatic rings. The van der Waals surface area contributed by atoms with E-state index in [2.05, 4.69) is 25.8 Å². The molecule has 0 saturated heterocycles. The van der Waals surface area contributed by atoms with Crippen LogP contribution >= 0.6 is 0 Å². The van der Waals surface area contributed by atoms with Crippen LogP contribution < -0.4 is 16.4 Å². The third kappa shape index (κ3) is 4.14. The van der Waals surface area contributed by atoms with Gasteiger partial charge in [-0.25, -0.2) is 14.6 Å². The van der Waals surface area contributed by atoms with Gasteiger partial charge in [-0.3, -0.25) is 15.1 Å². The summed E-state index contributed by atoms with van der Waals surface area (Å²) in [6, 6.07) is 6.32. The van der Waals surface area contributed by atoms with Crippen molar-refractivity contribution < 1.29 is 24.0 Å². The number of nitrogens with zero attached hydrogens (tertiary/aromatic N) is 4. The van der Waals surface area contributed by atoms with Crippen molar-refractivity contribution >= 4 is 29.5 Å². The molecule has 0 spiro atoms. The maximum Gasteiger partial charge on any atom is 0.343 e. The molecule has 0 aliphatic carbocycles. The Bertz CT molecular complexity index is 1160. The standard InChI is InChI=1S/C17H11N7O5/c18-7-10-5-8(1-3-20-10)14(25)23-15-12(16(26)27)13(24-29-15)11-6-9(2-4-21-11)22-17(19)28/h1-6H,(H,23,25)(H,26,27)(H3,19,21,22,28). The number of pyridine rings is 2. The zero-order chi connectivity index (χ0) is 21.0. The van der Waals surface area contributed by atoms with Gasteiger partial charge in [-0.2, -0.15) is 5.26 Å². The van der Waals surface area contributed by atoms with Gasteiger partial charge >= 0.3 is 12.0 Å². The first-order valence-corrected chi connectivity index (χ1v) is 7.82. The highest BCUT2D eigenvalue weighted by molar-refractivity contribution is 6.08. The van der Waals surface area contributed by atoms with Gasteiger partial charge < -0.3 is 20.7 Å². The van der Waals surface area contributed by atoms with Gasteiger partial charge in [0.15, 0.2) is 5.56 Å². The fourth-order valence-electron chi connectivity index (χ4n) is 2.34. The molecule has 0 radical (unpaired) electrons. The van der Waals surface area contributed by atoms with E-state index >= 15 is 0 Å². The van der Waals surface area contributed by atoms with Gasteiger partial charge in [0.2, 0.25) is 5.88 Å². The van der Waals surface area contributed by atoms with Gasteiger partial charge in [-0.05, 0) is 24.3 Å². The monoisotopic (exact) mass is 393 g/mol. The average molecular weight is 393 g/mol. The van der Waals surface area contributed by atoms with Crippen LogP contribution in [0.2, 0.25) is 0 Å². The van der Waals surface area contributed by atoms with Crippen LogP contribution in [0.1, 0.15) is 26.4 Å². The van der Waals surface area contributed by atoms with Crippen LogP contribution in [0.4, 0.5) is 16.4 Å². The summed E-state index contributed by atoms with van der Waals surface area (Å²) in [6.45, 7) is 0. The lowest BCUT2D eigenvalue weighted by Gasteiger charge is -2.04. The normalized spacial score (nSPS) is 10.0. The number of amides is 3. The first-order valence-electron chi connectivity index (χ1n) is 7.82. The highest BCUT2D eigenvalue weighted by atomic mass is 16.5. The number of carboxylic acid groups (broad SMARTS) is 1. The van der Waals surface area contributed by atoms with E-state index in [0.29, 0.717) is 0 Å². The van der Waals surface area contributed by atoms with Crippen molar-refractivity contribution in [2.45, 2.75) is 0 Å². The minimum Gasteiger partial charge on any atom is -0.477 e. The number of urea groups is 1. The number of carbonyl (C=O) groups excluding carboxylic acids is 2. The molecule has 3 rings (SSSR count). The van der Waals surface area contributed by atoms with Crippen molar-refractivity contribution in [3.05, 3.63) is 53.5 Å². The molecule has 0 saturated carbocycles. The molecule has 3 aromatic heterocycles. The Morgan fingerprint density at radius 2 is 1.90 bits per heavy atom. The quantitative estimate of drug-likeness (QED) is 0.495. The molecule has 144 valence electrons. The molecule has 0 bridgehead atoms. The van der Waals surface area contributed by atoms with Gasteiger partial charge in [0, 0.05) is 23.6 Å². The fourth-order valence-corrected chi connectivity index (χ4v) is 2.34. The Labute approximate surface area is 162 Å². The third-order valence-electron chi connectivity index (χ3n) is 3.54. The second-order valence-corrected chi connectivity index (χ2v) is 5.46. The number of hydrogen-bond donors (Lipinski definition) is 4. The summed E-state index contributed by atoms with van der Waals surface area (Å²) < 4.78 is 4.99. The van der Waals surface area contributed by atoms with Crippen molar-refractivity contribution in [1.29, 1.82) is 5.26 Å². The topological polar surface area (TPSA) is 197 Å². The molecule has 0 aromatic carbocycles. The van der Waals surface area contributed by atoms with E-state index in [4.69, 9.17) is 15.5 Å². The highest BCUT2D eigenvalue weighted by Gasteiger charge is 2.26. The minimum absolute atomic E-state index is 0.0114. The van der Waals surface area contributed by atoms with Gasteiger partial charge in [0.05, 0.1) is 5.69 Å². The first-order chi connectivity index (χ1) is 13.9. The smallest absolute Gasteiger partial charge is 0.343 e. The number of nitrogens with two attached hydrogens (primary N) is 1. The number of primary amides is 1.